The zero-order chi connectivity index (χ0) is 9.15. The van der Waals surface area contributed by atoms with E-state index in [4.69, 9.17) is 5.73 Å². The molecule has 0 amide bonds. The van der Waals surface area contributed by atoms with Gasteiger partial charge in [0.25, 0.3) is 0 Å². The van der Waals surface area contributed by atoms with Crippen molar-refractivity contribution >= 4 is 0 Å². The van der Waals surface area contributed by atoms with Crippen molar-refractivity contribution < 1.29 is 0 Å². The molecule has 0 saturated heterocycles. The van der Waals surface area contributed by atoms with Gasteiger partial charge in [-0.15, -0.1) is 5.10 Å². The van der Waals surface area contributed by atoms with Crippen LogP contribution in [0.25, 0.3) is 0 Å². The normalized spacial score (nSPS) is 20.7. The molecule has 1 saturated carbocycles. The lowest BCUT2D eigenvalue weighted by Crippen LogP contribution is -2.30. The van der Waals surface area contributed by atoms with E-state index in [1.165, 1.54) is 25.7 Å². The van der Waals surface area contributed by atoms with Crippen LogP contribution in [0.4, 0.5) is 0 Å². The molecule has 1 aromatic rings. The zero-order valence-electron chi connectivity index (χ0n) is 7.66. The molecule has 0 unspecified atom stereocenters. The van der Waals surface area contributed by atoms with E-state index < -0.39 is 0 Å². The number of hydrogen-bond acceptors (Lipinski definition) is 4. The van der Waals surface area contributed by atoms with Gasteiger partial charge in [0.05, 0.1) is 0 Å². The van der Waals surface area contributed by atoms with Crippen molar-refractivity contribution in [2.24, 2.45) is 11.1 Å². The molecule has 0 atom stereocenters. The number of H-pyrrole nitrogens is 1. The fourth-order valence-electron chi connectivity index (χ4n) is 2.19. The summed E-state index contributed by atoms with van der Waals surface area (Å²) in [6, 6.07) is 0. The molecule has 1 fully saturated rings. The van der Waals surface area contributed by atoms with E-state index in [1.54, 1.807) is 0 Å². The van der Waals surface area contributed by atoms with Gasteiger partial charge in [0, 0.05) is 6.42 Å². The lowest BCUT2D eigenvalue weighted by atomic mass is 9.83. The highest BCUT2D eigenvalue weighted by Gasteiger charge is 2.33. The standard InChI is InChI=1S/C8H15N5/c9-6-8(3-1-2-4-8)5-7-10-12-13-11-7/h1-6,9H2,(H,10,11,12,13). The lowest BCUT2D eigenvalue weighted by Gasteiger charge is -2.25. The monoisotopic (exact) mass is 181 g/mol. The smallest absolute Gasteiger partial charge is 0.149 e. The predicted octanol–water partition coefficient (Wildman–Crippen LogP) is 0.261. The van der Waals surface area contributed by atoms with E-state index in [-0.39, 0.29) is 5.41 Å². The van der Waals surface area contributed by atoms with Crippen LogP contribution < -0.4 is 5.73 Å². The number of aromatic amines is 1. The number of nitrogens with zero attached hydrogens (tertiary/aromatic N) is 3. The van der Waals surface area contributed by atoms with Gasteiger partial charge in [0.15, 0.2) is 0 Å². The largest absolute Gasteiger partial charge is 0.330 e. The van der Waals surface area contributed by atoms with E-state index in [0.717, 1.165) is 18.8 Å². The Kier molecular flexibility index (Phi) is 2.26. The second kappa shape index (κ2) is 3.41. The van der Waals surface area contributed by atoms with Gasteiger partial charge in [-0.2, -0.15) is 0 Å². The fourth-order valence-corrected chi connectivity index (χ4v) is 2.19. The molecule has 0 spiro atoms. The topological polar surface area (TPSA) is 80.5 Å². The molecule has 0 radical (unpaired) electrons. The van der Waals surface area contributed by atoms with Crippen molar-refractivity contribution in [3.63, 3.8) is 0 Å². The third-order valence-electron chi connectivity index (χ3n) is 3.03. The molecular weight excluding hydrogens is 166 g/mol. The predicted molar refractivity (Wildman–Crippen MR) is 47.8 cm³/mol. The third-order valence-corrected chi connectivity index (χ3v) is 3.03. The Morgan fingerprint density at radius 3 is 2.69 bits per heavy atom. The second-order valence-electron chi connectivity index (χ2n) is 3.94. The van der Waals surface area contributed by atoms with Crippen LogP contribution in [0.2, 0.25) is 0 Å². The van der Waals surface area contributed by atoms with Crippen LogP contribution in [0.5, 0.6) is 0 Å². The Morgan fingerprint density at radius 1 is 1.38 bits per heavy atom. The summed E-state index contributed by atoms with van der Waals surface area (Å²) in [5.74, 6) is 0.868. The zero-order valence-corrected chi connectivity index (χ0v) is 7.66. The first kappa shape index (κ1) is 8.62. The van der Waals surface area contributed by atoms with Gasteiger partial charge in [-0.05, 0) is 35.2 Å². The van der Waals surface area contributed by atoms with E-state index in [1.807, 2.05) is 0 Å². The fraction of sp³-hybridized carbons (Fsp3) is 0.875. The Bertz CT molecular complexity index is 250. The quantitative estimate of drug-likeness (QED) is 0.701. The molecule has 5 heteroatoms. The maximum absolute atomic E-state index is 5.80. The van der Waals surface area contributed by atoms with Crippen LogP contribution >= 0.6 is 0 Å². The first-order valence-electron chi connectivity index (χ1n) is 4.77. The summed E-state index contributed by atoms with van der Waals surface area (Å²) in [6.45, 7) is 0.744. The van der Waals surface area contributed by atoms with Crippen molar-refractivity contribution in [3.8, 4) is 0 Å². The SMILES string of the molecule is NCC1(Cc2nnn[nH]2)CCCC1. The molecule has 1 aliphatic rings. The molecule has 13 heavy (non-hydrogen) atoms. The molecule has 72 valence electrons. The molecule has 5 nitrogen and oxygen atoms in total. The van der Waals surface area contributed by atoms with Crippen LogP contribution in [0.1, 0.15) is 31.5 Å². The lowest BCUT2D eigenvalue weighted by molar-refractivity contribution is 0.300. The Labute approximate surface area is 77.1 Å². The average molecular weight is 181 g/mol. The summed E-state index contributed by atoms with van der Waals surface area (Å²) in [6.07, 6.45) is 5.91. The first-order chi connectivity index (χ1) is 6.35. The maximum atomic E-state index is 5.80. The van der Waals surface area contributed by atoms with Crippen molar-refractivity contribution in [3.05, 3.63) is 5.82 Å². The van der Waals surface area contributed by atoms with Crippen molar-refractivity contribution in [2.45, 2.75) is 32.1 Å². The van der Waals surface area contributed by atoms with Gasteiger partial charge in [-0.3, -0.25) is 0 Å². The van der Waals surface area contributed by atoms with Crippen LogP contribution in [-0.4, -0.2) is 27.2 Å². The molecule has 0 aromatic carbocycles. The Morgan fingerprint density at radius 2 is 2.15 bits per heavy atom. The van der Waals surface area contributed by atoms with Crippen molar-refractivity contribution in [2.75, 3.05) is 6.54 Å². The van der Waals surface area contributed by atoms with Crippen LogP contribution in [-0.2, 0) is 6.42 Å². The minimum absolute atomic E-state index is 0.265. The number of tetrazole rings is 1. The summed E-state index contributed by atoms with van der Waals surface area (Å²) in [5, 5.41) is 13.8. The van der Waals surface area contributed by atoms with Crippen molar-refractivity contribution in [1.82, 2.24) is 20.6 Å². The van der Waals surface area contributed by atoms with Gasteiger partial charge in [-0.25, -0.2) is 5.10 Å². The first-order valence-corrected chi connectivity index (χ1v) is 4.77. The summed E-state index contributed by atoms with van der Waals surface area (Å²) >= 11 is 0. The van der Waals surface area contributed by atoms with Gasteiger partial charge in [0.2, 0.25) is 0 Å². The van der Waals surface area contributed by atoms with Gasteiger partial charge >= 0.3 is 0 Å². The number of rotatable bonds is 3. The summed E-state index contributed by atoms with van der Waals surface area (Å²) in [4.78, 5) is 0. The molecule has 3 N–H and O–H groups in total. The number of nitrogens with one attached hydrogen (secondary N) is 1. The summed E-state index contributed by atoms with van der Waals surface area (Å²) < 4.78 is 0. The molecular formula is C8H15N5. The number of nitrogens with two attached hydrogens (primary N) is 1. The molecule has 1 aliphatic carbocycles. The molecule has 1 aromatic heterocycles. The Balaban J connectivity index is 2.06. The number of hydrogen-bond donors (Lipinski definition) is 2. The Hall–Kier alpha value is -0.970. The van der Waals surface area contributed by atoms with Gasteiger partial charge in [0.1, 0.15) is 5.82 Å². The van der Waals surface area contributed by atoms with Crippen LogP contribution in [0.3, 0.4) is 0 Å². The highest BCUT2D eigenvalue weighted by atomic mass is 15.5. The second-order valence-corrected chi connectivity index (χ2v) is 3.94. The van der Waals surface area contributed by atoms with Gasteiger partial charge < -0.3 is 5.73 Å². The van der Waals surface area contributed by atoms with Crippen molar-refractivity contribution in [1.29, 1.82) is 0 Å². The van der Waals surface area contributed by atoms with E-state index in [9.17, 15) is 0 Å². The summed E-state index contributed by atoms with van der Waals surface area (Å²) in [7, 11) is 0. The summed E-state index contributed by atoms with van der Waals surface area (Å²) in [5.41, 5.74) is 6.07. The van der Waals surface area contributed by atoms with E-state index in [0.29, 0.717) is 0 Å². The van der Waals surface area contributed by atoms with Crippen LogP contribution in [0, 0.1) is 5.41 Å². The third kappa shape index (κ3) is 1.70. The molecule has 2 rings (SSSR count). The number of aromatic nitrogens is 4. The minimum Gasteiger partial charge on any atom is -0.330 e. The molecule has 1 heterocycles. The molecule has 0 aliphatic heterocycles. The van der Waals surface area contributed by atoms with E-state index >= 15 is 0 Å². The van der Waals surface area contributed by atoms with Crippen LogP contribution in [0.15, 0.2) is 0 Å². The van der Waals surface area contributed by atoms with Gasteiger partial charge in [-0.1, -0.05) is 12.8 Å². The highest BCUT2D eigenvalue weighted by Crippen LogP contribution is 2.39. The maximum Gasteiger partial charge on any atom is 0.149 e. The van der Waals surface area contributed by atoms with E-state index in [2.05, 4.69) is 20.6 Å². The highest BCUT2D eigenvalue weighted by molar-refractivity contribution is 4.94. The average Bonchev–Trinajstić information content (AvgIpc) is 2.77. The minimum atomic E-state index is 0.265. The molecule has 0 bridgehead atoms.